The molecule has 18 heavy (non-hydrogen) atoms. The zero-order valence-corrected chi connectivity index (χ0v) is 11.6. The first-order valence-electron chi connectivity index (χ1n) is 6.46. The van der Waals surface area contributed by atoms with Gasteiger partial charge < -0.3 is 11.1 Å². The van der Waals surface area contributed by atoms with Gasteiger partial charge in [0.25, 0.3) is 0 Å². The van der Waals surface area contributed by atoms with Gasteiger partial charge in [-0.25, -0.2) is 9.97 Å². The quantitative estimate of drug-likeness (QED) is 0.818. The topological polar surface area (TPSA) is 63.8 Å². The van der Waals surface area contributed by atoms with Crippen LogP contribution in [0.5, 0.6) is 0 Å². The zero-order chi connectivity index (χ0) is 13.0. The summed E-state index contributed by atoms with van der Waals surface area (Å²) in [5.74, 6) is 0.618. The number of anilines is 1. The van der Waals surface area contributed by atoms with Crippen molar-refractivity contribution in [2.75, 3.05) is 11.9 Å². The molecule has 1 aliphatic carbocycles. The maximum absolute atomic E-state index is 5.56. The van der Waals surface area contributed by atoms with Crippen molar-refractivity contribution in [3.8, 4) is 0 Å². The third kappa shape index (κ3) is 3.38. The summed E-state index contributed by atoms with van der Waals surface area (Å²) in [4.78, 5) is 8.81. The van der Waals surface area contributed by atoms with Crippen LogP contribution in [0.25, 0.3) is 0 Å². The molecule has 98 valence electrons. The number of rotatable bonds is 4. The van der Waals surface area contributed by atoms with Crippen molar-refractivity contribution in [3.63, 3.8) is 0 Å². The first-order valence-corrected chi connectivity index (χ1v) is 6.87. The van der Waals surface area contributed by atoms with Crippen LogP contribution in [0, 0.1) is 5.41 Å². The molecule has 0 amide bonds. The fraction of sp³-hybridized carbons (Fsp3) is 0.615. The predicted octanol–water partition coefficient (Wildman–Crippen LogP) is 2.49. The first kappa shape index (κ1) is 13.2. The number of nitrogens with zero attached hydrogens (tertiary/aromatic N) is 2. The highest BCUT2D eigenvalue weighted by molar-refractivity contribution is 7.80. The second-order valence-electron chi connectivity index (χ2n) is 5.35. The Hall–Kier alpha value is -1.23. The van der Waals surface area contributed by atoms with E-state index in [1.54, 1.807) is 12.3 Å². The highest BCUT2D eigenvalue weighted by atomic mass is 32.1. The molecule has 0 spiro atoms. The SMILES string of the molecule is CC1(CNc2nccc(C(N)=S)n2)CCCCC1. The maximum Gasteiger partial charge on any atom is 0.223 e. The van der Waals surface area contributed by atoms with Crippen LogP contribution in [0.4, 0.5) is 5.95 Å². The van der Waals surface area contributed by atoms with Crippen LogP contribution in [-0.2, 0) is 0 Å². The molecule has 1 saturated carbocycles. The standard InChI is InChI=1S/C13H20N4S/c1-13(6-3-2-4-7-13)9-16-12-15-8-5-10(17-12)11(14)18/h5,8H,2-4,6-7,9H2,1H3,(H2,14,18)(H,15,16,17). The largest absolute Gasteiger partial charge is 0.388 e. The molecule has 1 fully saturated rings. The normalized spacial score (nSPS) is 18.3. The van der Waals surface area contributed by atoms with E-state index in [9.17, 15) is 0 Å². The molecule has 1 aliphatic rings. The third-order valence-corrected chi connectivity index (χ3v) is 3.85. The van der Waals surface area contributed by atoms with Crippen molar-refractivity contribution < 1.29 is 0 Å². The summed E-state index contributed by atoms with van der Waals surface area (Å²) in [5, 5.41) is 3.31. The number of hydrogen-bond acceptors (Lipinski definition) is 4. The monoisotopic (exact) mass is 264 g/mol. The summed E-state index contributed by atoms with van der Waals surface area (Å²) in [6.45, 7) is 3.24. The molecule has 0 radical (unpaired) electrons. The highest BCUT2D eigenvalue weighted by Crippen LogP contribution is 2.35. The molecule has 5 heteroatoms. The average molecular weight is 264 g/mol. The Kier molecular flexibility index (Phi) is 4.11. The molecule has 4 nitrogen and oxygen atoms in total. The van der Waals surface area contributed by atoms with E-state index in [0.29, 0.717) is 22.0 Å². The summed E-state index contributed by atoms with van der Waals surface area (Å²) < 4.78 is 0. The number of hydrogen-bond donors (Lipinski definition) is 2. The van der Waals surface area contributed by atoms with Gasteiger partial charge in [-0.05, 0) is 24.3 Å². The lowest BCUT2D eigenvalue weighted by atomic mass is 9.76. The lowest BCUT2D eigenvalue weighted by molar-refractivity contribution is 0.233. The molecule has 1 aromatic heterocycles. The summed E-state index contributed by atoms with van der Waals surface area (Å²) in [6.07, 6.45) is 8.25. The zero-order valence-electron chi connectivity index (χ0n) is 10.8. The van der Waals surface area contributed by atoms with Crippen LogP contribution in [0.2, 0.25) is 0 Å². The minimum absolute atomic E-state index is 0.310. The van der Waals surface area contributed by atoms with E-state index in [0.717, 1.165) is 6.54 Å². The van der Waals surface area contributed by atoms with Crippen LogP contribution in [0.1, 0.15) is 44.7 Å². The van der Waals surface area contributed by atoms with Gasteiger partial charge in [0, 0.05) is 12.7 Å². The van der Waals surface area contributed by atoms with Crippen molar-refractivity contribution in [1.29, 1.82) is 0 Å². The minimum Gasteiger partial charge on any atom is -0.388 e. The van der Waals surface area contributed by atoms with Crippen molar-refractivity contribution in [1.82, 2.24) is 9.97 Å². The second-order valence-corrected chi connectivity index (χ2v) is 5.79. The van der Waals surface area contributed by atoms with E-state index >= 15 is 0 Å². The van der Waals surface area contributed by atoms with Gasteiger partial charge in [-0.2, -0.15) is 0 Å². The molecule has 0 aromatic carbocycles. The molecule has 0 saturated heterocycles. The predicted molar refractivity (Wildman–Crippen MR) is 77.6 cm³/mol. The number of nitrogens with one attached hydrogen (secondary N) is 1. The fourth-order valence-electron chi connectivity index (χ4n) is 2.46. The van der Waals surface area contributed by atoms with Crippen LogP contribution in [0.15, 0.2) is 12.3 Å². The van der Waals surface area contributed by atoms with Crippen molar-refractivity contribution in [2.45, 2.75) is 39.0 Å². The Labute approximate surface area is 113 Å². The molecule has 2 rings (SSSR count). The number of nitrogens with two attached hydrogens (primary N) is 1. The second kappa shape index (κ2) is 5.61. The Morgan fingerprint density at radius 1 is 1.44 bits per heavy atom. The van der Waals surface area contributed by atoms with E-state index in [1.807, 2.05) is 0 Å². The number of thiocarbonyl (C=S) groups is 1. The lowest BCUT2D eigenvalue weighted by Gasteiger charge is -2.33. The molecule has 0 atom stereocenters. The molecule has 0 aliphatic heterocycles. The van der Waals surface area contributed by atoms with E-state index in [4.69, 9.17) is 18.0 Å². The van der Waals surface area contributed by atoms with Crippen LogP contribution >= 0.6 is 12.2 Å². The van der Waals surface area contributed by atoms with Crippen molar-refractivity contribution in [3.05, 3.63) is 18.0 Å². The van der Waals surface area contributed by atoms with Gasteiger partial charge >= 0.3 is 0 Å². The Bertz CT molecular complexity index is 427. The smallest absolute Gasteiger partial charge is 0.223 e. The highest BCUT2D eigenvalue weighted by Gasteiger charge is 2.26. The van der Waals surface area contributed by atoms with Gasteiger partial charge in [-0.1, -0.05) is 38.4 Å². The lowest BCUT2D eigenvalue weighted by Crippen LogP contribution is -2.29. The Morgan fingerprint density at radius 2 is 2.17 bits per heavy atom. The summed E-state index contributed by atoms with van der Waals surface area (Å²) in [5.41, 5.74) is 6.54. The fourth-order valence-corrected chi connectivity index (χ4v) is 2.57. The van der Waals surface area contributed by atoms with Crippen LogP contribution in [-0.4, -0.2) is 21.5 Å². The van der Waals surface area contributed by atoms with Gasteiger partial charge in [-0.15, -0.1) is 0 Å². The first-order chi connectivity index (χ1) is 8.59. The molecular weight excluding hydrogens is 244 g/mol. The summed E-state index contributed by atoms with van der Waals surface area (Å²) in [7, 11) is 0. The summed E-state index contributed by atoms with van der Waals surface area (Å²) >= 11 is 4.91. The average Bonchev–Trinajstić information content (AvgIpc) is 2.38. The van der Waals surface area contributed by atoms with E-state index in [1.165, 1.54) is 32.1 Å². The molecule has 0 unspecified atom stereocenters. The molecule has 0 bridgehead atoms. The number of aromatic nitrogens is 2. The van der Waals surface area contributed by atoms with Crippen LogP contribution in [0.3, 0.4) is 0 Å². The van der Waals surface area contributed by atoms with E-state index in [-0.39, 0.29) is 0 Å². The molecule has 1 aromatic rings. The van der Waals surface area contributed by atoms with Gasteiger partial charge in [0.2, 0.25) is 5.95 Å². The third-order valence-electron chi connectivity index (χ3n) is 3.64. The van der Waals surface area contributed by atoms with Gasteiger partial charge in [0.05, 0.1) is 0 Å². The Morgan fingerprint density at radius 3 is 2.83 bits per heavy atom. The van der Waals surface area contributed by atoms with Crippen LogP contribution < -0.4 is 11.1 Å². The summed E-state index contributed by atoms with van der Waals surface area (Å²) in [6, 6.07) is 1.73. The van der Waals surface area contributed by atoms with Gasteiger partial charge in [0.1, 0.15) is 10.7 Å². The van der Waals surface area contributed by atoms with Gasteiger partial charge in [0.15, 0.2) is 0 Å². The van der Waals surface area contributed by atoms with Crippen molar-refractivity contribution in [2.24, 2.45) is 11.1 Å². The van der Waals surface area contributed by atoms with Gasteiger partial charge in [-0.3, -0.25) is 0 Å². The maximum atomic E-state index is 5.56. The van der Waals surface area contributed by atoms with E-state index < -0.39 is 0 Å². The molecule has 3 N–H and O–H groups in total. The molecule has 1 heterocycles. The van der Waals surface area contributed by atoms with E-state index in [2.05, 4.69) is 22.2 Å². The Balaban J connectivity index is 1.97. The van der Waals surface area contributed by atoms with Crippen molar-refractivity contribution >= 4 is 23.2 Å². The molecular formula is C13H20N4S. The minimum atomic E-state index is 0.310.